The number of halogens is 1. The summed E-state index contributed by atoms with van der Waals surface area (Å²) in [7, 11) is 3.19. The summed E-state index contributed by atoms with van der Waals surface area (Å²) in [6.45, 7) is 5.82. The van der Waals surface area contributed by atoms with Crippen LogP contribution in [-0.2, 0) is 11.1 Å². The Bertz CT molecular complexity index is 1040. The first-order chi connectivity index (χ1) is 15.0. The highest BCUT2D eigenvalue weighted by molar-refractivity contribution is 6.31. The first-order valence-electron chi connectivity index (χ1n) is 10.6. The van der Waals surface area contributed by atoms with Gasteiger partial charge in [-0.2, -0.15) is 0 Å². The summed E-state index contributed by atoms with van der Waals surface area (Å²) in [5.41, 5.74) is 2.29. The number of benzene rings is 2. The molecule has 1 heterocycles. The minimum atomic E-state index is -0.0961. The molecule has 0 saturated heterocycles. The van der Waals surface area contributed by atoms with Gasteiger partial charge in [0.25, 0.3) is 0 Å². The predicted octanol–water partition coefficient (Wildman–Crippen LogP) is 4.48. The molecule has 0 fully saturated rings. The van der Waals surface area contributed by atoms with Gasteiger partial charge in [-0.15, -0.1) is 0 Å². The fourth-order valence-electron chi connectivity index (χ4n) is 3.66. The molecule has 31 heavy (non-hydrogen) atoms. The van der Waals surface area contributed by atoms with Crippen molar-refractivity contribution in [2.45, 2.75) is 32.7 Å². The van der Waals surface area contributed by atoms with Gasteiger partial charge in [0, 0.05) is 30.2 Å². The largest absolute Gasteiger partial charge is 0.459 e. The van der Waals surface area contributed by atoms with Crippen molar-refractivity contribution in [3.05, 3.63) is 80.7 Å². The summed E-state index contributed by atoms with van der Waals surface area (Å²) in [6.07, 6.45) is 1.42. The minimum absolute atomic E-state index is 0.000538. The van der Waals surface area contributed by atoms with E-state index in [1.165, 1.54) is 0 Å². The van der Waals surface area contributed by atoms with Crippen LogP contribution < -0.4 is 16.0 Å². The van der Waals surface area contributed by atoms with E-state index in [2.05, 4.69) is 24.4 Å². The standard InChI is InChI=1S/C24H29BClN2O3/c1-16(2)22(27-12-7-13-28-25-30-3)24-20(14-17-8-5-4-6-9-17)23(29)19-11-10-18(26)15-21(19)31-24/h4-6,8-11,15-16,22,27-28H,7,12-14H2,1-3H3. The molecule has 0 saturated carbocycles. The average molecular weight is 440 g/mol. The van der Waals surface area contributed by atoms with Gasteiger partial charge < -0.3 is 19.6 Å². The van der Waals surface area contributed by atoms with Crippen molar-refractivity contribution in [2.24, 2.45) is 5.92 Å². The quantitative estimate of drug-likeness (QED) is 0.340. The van der Waals surface area contributed by atoms with Crippen LogP contribution in [0.25, 0.3) is 11.0 Å². The second-order valence-electron chi connectivity index (χ2n) is 7.91. The van der Waals surface area contributed by atoms with Gasteiger partial charge in [-0.3, -0.25) is 4.79 Å². The maximum atomic E-state index is 13.5. The molecule has 0 aliphatic carbocycles. The Balaban J connectivity index is 1.98. The van der Waals surface area contributed by atoms with Crippen molar-refractivity contribution in [3.8, 4) is 0 Å². The summed E-state index contributed by atoms with van der Waals surface area (Å²) < 4.78 is 11.3. The second kappa shape index (κ2) is 11.5. The van der Waals surface area contributed by atoms with Crippen LogP contribution in [0, 0.1) is 5.92 Å². The van der Waals surface area contributed by atoms with Crippen molar-refractivity contribution < 1.29 is 9.07 Å². The average Bonchev–Trinajstić information content (AvgIpc) is 2.75. The lowest BCUT2D eigenvalue weighted by molar-refractivity contribution is 0.341. The van der Waals surface area contributed by atoms with Gasteiger partial charge >= 0.3 is 7.62 Å². The molecular weight excluding hydrogens is 411 g/mol. The topological polar surface area (TPSA) is 63.5 Å². The molecule has 1 radical (unpaired) electrons. The fraction of sp³-hybridized carbons (Fsp3) is 0.375. The van der Waals surface area contributed by atoms with E-state index in [9.17, 15) is 4.79 Å². The summed E-state index contributed by atoms with van der Waals surface area (Å²) >= 11 is 6.18. The Morgan fingerprint density at radius 1 is 1.13 bits per heavy atom. The van der Waals surface area contributed by atoms with Gasteiger partial charge in [-0.1, -0.05) is 55.8 Å². The molecule has 1 atom stereocenters. The van der Waals surface area contributed by atoms with Gasteiger partial charge in [-0.25, -0.2) is 0 Å². The fourth-order valence-corrected chi connectivity index (χ4v) is 3.82. The second-order valence-corrected chi connectivity index (χ2v) is 8.35. The van der Waals surface area contributed by atoms with Gasteiger partial charge in [0.05, 0.1) is 11.4 Å². The molecule has 0 bridgehead atoms. The molecule has 0 spiro atoms. The Kier molecular flexibility index (Phi) is 8.73. The molecule has 2 aromatic carbocycles. The molecule has 1 aromatic heterocycles. The van der Waals surface area contributed by atoms with Crippen molar-refractivity contribution >= 4 is 30.2 Å². The van der Waals surface area contributed by atoms with E-state index in [0.29, 0.717) is 33.7 Å². The molecule has 2 N–H and O–H groups in total. The van der Waals surface area contributed by atoms with Crippen LogP contribution in [-0.4, -0.2) is 27.8 Å². The molecule has 5 nitrogen and oxygen atoms in total. The maximum absolute atomic E-state index is 13.5. The van der Waals surface area contributed by atoms with Crippen LogP contribution in [0.2, 0.25) is 5.02 Å². The predicted molar refractivity (Wildman–Crippen MR) is 128 cm³/mol. The van der Waals surface area contributed by atoms with Crippen LogP contribution in [0.15, 0.2) is 57.7 Å². The number of rotatable bonds is 11. The molecule has 7 heteroatoms. The molecule has 3 aromatic rings. The summed E-state index contributed by atoms with van der Waals surface area (Å²) in [4.78, 5) is 13.5. The lowest BCUT2D eigenvalue weighted by Crippen LogP contribution is -2.32. The first kappa shape index (κ1) is 23.5. The van der Waals surface area contributed by atoms with E-state index < -0.39 is 0 Å². The molecule has 1 unspecified atom stereocenters. The molecule has 0 aliphatic heterocycles. The van der Waals surface area contributed by atoms with E-state index in [0.717, 1.165) is 25.1 Å². The number of hydrogen-bond acceptors (Lipinski definition) is 5. The van der Waals surface area contributed by atoms with Crippen LogP contribution >= 0.6 is 11.6 Å². The van der Waals surface area contributed by atoms with Crippen LogP contribution in [0.1, 0.15) is 43.2 Å². The Morgan fingerprint density at radius 3 is 2.61 bits per heavy atom. The Morgan fingerprint density at radius 2 is 1.90 bits per heavy atom. The normalized spacial score (nSPS) is 12.4. The lowest BCUT2D eigenvalue weighted by atomic mass is 9.93. The Labute approximate surface area is 189 Å². The van der Waals surface area contributed by atoms with E-state index in [1.54, 1.807) is 32.9 Å². The number of hydrogen-bond donors (Lipinski definition) is 2. The first-order valence-corrected chi connectivity index (χ1v) is 11.0. The number of fused-ring (bicyclic) bond motifs is 1. The van der Waals surface area contributed by atoms with Gasteiger partial charge in [0.15, 0.2) is 5.43 Å². The van der Waals surface area contributed by atoms with Crippen molar-refractivity contribution in [2.75, 3.05) is 20.2 Å². The summed E-state index contributed by atoms with van der Waals surface area (Å²) in [6, 6.07) is 15.1. The number of nitrogens with one attached hydrogen (secondary N) is 2. The summed E-state index contributed by atoms with van der Waals surface area (Å²) in [5.74, 6) is 0.919. The molecule has 0 amide bonds. The van der Waals surface area contributed by atoms with Gasteiger partial charge in [0.2, 0.25) is 0 Å². The lowest BCUT2D eigenvalue weighted by Gasteiger charge is -2.24. The highest BCUT2D eigenvalue weighted by atomic mass is 35.5. The third-order valence-corrected chi connectivity index (χ3v) is 5.45. The van der Waals surface area contributed by atoms with Crippen LogP contribution in [0.4, 0.5) is 0 Å². The van der Waals surface area contributed by atoms with E-state index in [-0.39, 0.29) is 17.4 Å². The zero-order valence-electron chi connectivity index (χ0n) is 18.3. The third-order valence-electron chi connectivity index (χ3n) is 5.22. The minimum Gasteiger partial charge on any atom is -0.459 e. The van der Waals surface area contributed by atoms with E-state index in [1.807, 2.05) is 30.3 Å². The summed E-state index contributed by atoms with van der Waals surface area (Å²) in [5, 5.41) is 7.78. The molecule has 3 rings (SSSR count). The van der Waals surface area contributed by atoms with Crippen LogP contribution in [0.5, 0.6) is 0 Å². The highest BCUT2D eigenvalue weighted by Gasteiger charge is 2.25. The van der Waals surface area contributed by atoms with Gasteiger partial charge in [-0.05, 0) is 43.1 Å². The molecule has 0 aliphatic rings. The monoisotopic (exact) mass is 439 g/mol. The Hall–Kier alpha value is -2.12. The van der Waals surface area contributed by atoms with Crippen LogP contribution in [0.3, 0.4) is 0 Å². The van der Waals surface area contributed by atoms with Crippen molar-refractivity contribution in [3.63, 3.8) is 0 Å². The smallest absolute Gasteiger partial charge is 0.395 e. The zero-order chi connectivity index (χ0) is 22.2. The van der Waals surface area contributed by atoms with Crippen molar-refractivity contribution in [1.29, 1.82) is 0 Å². The third kappa shape index (κ3) is 6.20. The van der Waals surface area contributed by atoms with E-state index >= 15 is 0 Å². The van der Waals surface area contributed by atoms with Crippen molar-refractivity contribution in [1.82, 2.24) is 10.5 Å². The highest BCUT2D eigenvalue weighted by Crippen LogP contribution is 2.29. The van der Waals surface area contributed by atoms with E-state index in [4.69, 9.17) is 20.7 Å². The van der Waals surface area contributed by atoms with Gasteiger partial charge in [0.1, 0.15) is 11.3 Å². The maximum Gasteiger partial charge on any atom is 0.395 e. The molecular formula is C24H29BClN2O3. The SMILES string of the molecule is CO[B]NCCCNC(c1oc2cc(Cl)ccc2c(=O)c1Cc1ccccc1)C(C)C. The molecule has 163 valence electrons. The zero-order valence-corrected chi connectivity index (χ0v) is 19.0.